The molecular formula is C32H35N5O4S. The Morgan fingerprint density at radius 3 is 2.52 bits per heavy atom. The molecule has 6 rings (SSSR count). The number of carbonyl (C=O) groups is 3. The van der Waals surface area contributed by atoms with Crippen molar-refractivity contribution in [3.63, 3.8) is 0 Å². The molecule has 2 aromatic carbocycles. The maximum atomic E-state index is 13.4. The molecule has 0 aliphatic carbocycles. The van der Waals surface area contributed by atoms with E-state index in [9.17, 15) is 9.59 Å². The second-order valence-corrected chi connectivity index (χ2v) is 10.5. The van der Waals surface area contributed by atoms with Gasteiger partial charge in [-0.15, -0.1) is 11.3 Å². The normalized spacial score (nSPS) is 15.5. The largest absolute Gasteiger partial charge is 0.457 e. The second kappa shape index (κ2) is 13.9. The fraction of sp³-hybridized carbons (Fsp3) is 0.250. The van der Waals surface area contributed by atoms with Crippen molar-refractivity contribution in [2.75, 3.05) is 30.4 Å². The van der Waals surface area contributed by atoms with Crippen LogP contribution in [0.25, 0.3) is 10.2 Å². The number of allylic oxidation sites excluding steroid dienone is 1. The highest BCUT2D eigenvalue weighted by molar-refractivity contribution is 7.21. The van der Waals surface area contributed by atoms with Gasteiger partial charge in [-0.05, 0) is 75.0 Å². The van der Waals surface area contributed by atoms with E-state index in [0.717, 1.165) is 41.9 Å². The lowest BCUT2D eigenvalue weighted by atomic mass is 10.1. The summed E-state index contributed by atoms with van der Waals surface area (Å²) in [5, 5.41) is 6.87. The Hall–Kier alpha value is -4.54. The van der Waals surface area contributed by atoms with Gasteiger partial charge < -0.3 is 20.3 Å². The highest BCUT2D eigenvalue weighted by atomic mass is 32.1. The van der Waals surface area contributed by atoms with Crippen LogP contribution >= 0.6 is 11.3 Å². The van der Waals surface area contributed by atoms with Gasteiger partial charge in [0.1, 0.15) is 27.5 Å². The average molecular weight is 586 g/mol. The molecule has 0 saturated carbocycles. The summed E-state index contributed by atoms with van der Waals surface area (Å²) in [5.41, 5.74) is 2.85. The number of likely N-dealkylation sites (tertiary alicyclic amines) is 1. The molecule has 2 aliphatic heterocycles. The molecule has 42 heavy (non-hydrogen) atoms. The standard InChI is InChI=1S/C27H25N5O3S.C3H4O.C2H6/c1-16-14-19(35-18-6-4-3-5-7-18)8-9-20(16)32-21-10-12-28-26-22(21)23(30-27(32)34)24(36-26)25(33)29-17-11-13-31(2)15-17;1-2-3-4;1-2/h3-10,12,14,17H,11,13,15H2,1-2H3,(H,29,33)(H,30,34);2-3H,1H2;1-2H3/t17-;;/m1../s1. The third-order valence-electron chi connectivity index (χ3n) is 6.66. The summed E-state index contributed by atoms with van der Waals surface area (Å²) in [7, 11) is 2.04. The molecule has 0 bridgehead atoms. The minimum absolute atomic E-state index is 0.0994. The van der Waals surface area contributed by atoms with Gasteiger partial charge in [0.05, 0.1) is 22.4 Å². The van der Waals surface area contributed by atoms with E-state index < -0.39 is 0 Å². The molecule has 0 spiro atoms. The summed E-state index contributed by atoms with van der Waals surface area (Å²) in [6, 6.07) is 16.8. The first-order valence-corrected chi connectivity index (χ1v) is 14.6. The molecule has 4 heterocycles. The number of thiophene rings is 1. The number of aryl methyl sites for hydroxylation is 1. The Balaban J connectivity index is 0.000000624. The molecule has 218 valence electrons. The third-order valence-corrected chi connectivity index (χ3v) is 7.76. The van der Waals surface area contributed by atoms with Crippen molar-refractivity contribution in [3.8, 4) is 11.5 Å². The van der Waals surface area contributed by atoms with Crippen molar-refractivity contribution in [1.82, 2.24) is 15.2 Å². The number of rotatable bonds is 6. The predicted molar refractivity (Wildman–Crippen MR) is 169 cm³/mol. The first kappa shape index (κ1) is 30.4. The van der Waals surface area contributed by atoms with Crippen LogP contribution in [0.2, 0.25) is 0 Å². The number of amides is 3. The predicted octanol–water partition coefficient (Wildman–Crippen LogP) is 6.91. The van der Waals surface area contributed by atoms with Crippen molar-refractivity contribution < 1.29 is 19.1 Å². The number of benzene rings is 2. The molecule has 1 saturated heterocycles. The Morgan fingerprint density at radius 2 is 1.88 bits per heavy atom. The summed E-state index contributed by atoms with van der Waals surface area (Å²) >= 11 is 1.30. The maximum absolute atomic E-state index is 13.4. The Bertz CT molecular complexity index is 1580. The highest BCUT2D eigenvalue weighted by Gasteiger charge is 2.34. The minimum Gasteiger partial charge on any atom is -0.457 e. The number of aldehydes is 1. The number of anilines is 3. The minimum atomic E-state index is -0.317. The molecule has 0 radical (unpaired) electrons. The molecule has 2 aliphatic rings. The van der Waals surface area contributed by atoms with Crippen LogP contribution in [-0.2, 0) is 4.79 Å². The van der Waals surface area contributed by atoms with Gasteiger partial charge in [0.15, 0.2) is 0 Å². The van der Waals surface area contributed by atoms with E-state index in [2.05, 4.69) is 27.1 Å². The SMILES string of the molecule is C=CC=O.CC.Cc1cc(Oc2ccccc2)ccc1N1C(=O)Nc2c(C(=O)N[C@@H]3CCN(C)C3)sc3nccc1c23. The van der Waals surface area contributed by atoms with Gasteiger partial charge in [0.25, 0.3) is 5.91 Å². The van der Waals surface area contributed by atoms with Crippen LogP contribution < -0.4 is 20.3 Å². The van der Waals surface area contributed by atoms with E-state index >= 15 is 0 Å². The van der Waals surface area contributed by atoms with Gasteiger partial charge in [-0.25, -0.2) is 9.78 Å². The molecule has 1 fully saturated rings. The zero-order valence-corrected chi connectivity index (χ0v) is 25.0. The topological polar surface area (TPSA) is 104 Å². The smallest absolute Gasteiger partial charge is 0.331 e. The number of hydrogen-bond acceptors (Lipinski definition) is 7. The van der Waals surface area contributed by atoms with Crippen LogP contribution in [0, 0.1) is 6.92 Å². The number of para-hydroxylation sites is 1. The van der Waals surface area contributed by atoms with Crippen molar-refractivity contribution in [1.29, 1.82) is 0 Å². The summed E-state index contributed by atoms with van der Waals surface area (Å²) in [5.74, 6) is 1.26. The fourth-order valence-electron chi connectivity index (χ4n) is 4.85. The van der Waals surface area contributed by atoms with Gasteiger partial charge in [0.2, 0.25) is 0 Å². The van der Waals surface area contributed by atoms with Crippen LogP contribution in [0.1, 0.15) is 35.5 Å². The number of ether oxygens (including phenoxy) is 1. The number of nitrogens with zero attached hydrogens (tertiary/aromatic N) is 3. The van der Waals surface area contributed by atoms with E-state index in [1.54, 1.807) is 11.1 Å². The average Bonchev–Trinajstić information content (AvgIpc) is 3.59. The van der Waals surface area contributed by atoms with E-state index in [4.69, 9.17) is 9.53 Å². The number of hydrogen-bond donors (Lipinski definition) is 2. The molecule has 0 unspecified atom stereocenters. The number of likely N-dealkylation sites (N-methyl/N-ethyl adjacent to an activating group) is 1. The van der Waals surface area contributed by atoms with E-state index in [-0.39, 0.29) is 18.0 Å². The molecule has 2 aromatic heterocycles. The van der Waals surface area contributed by atoms with E-state index in [1.165, 1.54) is 17.4 Å². The van der Waals surface area contributed by atoms with E-state index in [0.29, 0.717) is 33.1 Å². The second-order valence-electron chi connectivity index (χ2n) is 9.54. The van der Waals surface area contributed by atoms with Crippen molar-refractivity contribution in [2.45, 2.75) is 33.2 Å². The number of aromatic nitrogens is 1. The number of carbonyl (C=O) groups excluding carboxylic acids is 3. The summed E-state index contributed by atoms with van der Waals surface area (Å²) in [6.07, 6.45) is 4.43. The monoisotopic (exact) mass is 585 g/mol. The van der Waals surface area contributed by atoms with Crippen LogP contribution in [0.4, 0.5) is 21.9 Å². The fourth-order valence-corrected chi connectivity index (χ4v) is 5.88. The highest BCUT2D eigenvalue weighted by Crippen LogP contribution is 2.46. The first-order valence-electron chi connectivity index (χ1n) is 13.8. The first-order chi connectivity index (χ1) is 20.4. The van der Waals surface area contributed by atoms with Crippen molar-refractivity contribution >= 4 is 56.8 Å². The van der Waals surface area contributed by atoms with Gasteiger partial charge >= 0.3 is 6.03 Å². The van der Waals surface area contributed by atoms with Crippen LogP contribution in [0.15, 0.2) is 73.4 Å². The summed E-state index contributed by atoms with van der Waals surface area (Å²) in [6.45, 7) is 10.8. The Morgan fingerprint density at radius 1 is 1.14 bits per heavy atom. The lowest BCUT2D eigenvalue weighted by Gasteiger charge is -2.29. The zero-order chi connectivity index (χ0) is 30.2. The molecule has 2 N–H and O–H groups in total. The number of pyridine rings is 1. The maximum Gasteiger partial charge on any atom is 0.331 e. The van der Waals surface area contributed by atoms with Gasteiger partial charge in [-0.1, -0.05) is 38.6 Å². The lowest BCUT2D eigenvalue weighted by Crippen LogP contribution is -2.38. The molecule has 9 nitrogen and oxygen atoms in total. The molecule has 10 heteroatoms. The van der Waals surface area contributed by atoms with Crippen LogP contribution in [-0.4, -0.2) is 54.3 Å². The van der Waals surface area contributed by atoms with Gasteiger partial charge in [0, 0.05) is 18.8 Å². The molecule has 3 amide bonds. The zero-order valence-electron chi connectivity index (χ0n) is 24.2. The van der Waals surface area contributed by atoms with Crippen molar-refractivity contribution in [2.24, 2.45) is 0 Å². The molecular weight excluding hydrogens is 550 g/mol. The summed E-state index contributed by atoms with van der Waals surface area (Å²) < 4.78 is 5.96. The lowest BCUT2D eigenvalue weighted by molar-refractivity contribution is -0.104. The third kappa shape index (κ3) is 6.50. The quantitative estimate of drug-likeness (QED) is 0.188. The Kier molecular flexibility index (Phi) is 10.1. The number of urea groups is 1. The molecule has 1 atom stereocenters. The number of nitrogens with one attached hydrogen (secondary N) is 2. The van der Waals surface area contributed by atoms with Gasteiger partial charge in [-0.3, -0.25) is 14.5 Å². The Labute approximate surface area is 249 Å². The molecule has 4 aromatic rings. The van der Waals surface area contributed by atoms with Crippen LogP contribution in [0.3, 0.4) is 0 Å². The van der Waals surface area contributed by atoms with Crippen molar-refractivity contribution in [3.05, 3.63) is 83.9 Å². The van der Waals surface area contributed by atoms with Gasteiger partial charge in [-0.2, -0.15) is 0 Å². The van der Waals surface area contributed by atoms with E-state index in [1.807, 2.05) is 82.4 Å². The summed E-state index contributed by atoms with van der Waals surface area (Å²) in [4.78, 5) is 45.2. The van der Waals surface area contributed by atoms with Crippen LogP contribution in [0.5, 0.6) is 11.5 Å².